The average Bonchev–Trinajstić information content (AvgIpc) is 3.13. The molecule has 0 spiro atoms. The standard InChI is InChI=1S/C16H29N5O6/c17-6-2-1-4-11(16(26)27)20-13(23)8-19-14(24)12-5-3-7-21(12)15(25)10(18)9-22/h10-12,22H,1-9,17-18H2,(H,19,24)(H,20,23)(H,26,27)/t10-,11-,12-/m0/s1. The molecular formula is C16H29N5O6. The SMILES string of the molecule is NCCCC[C@H](NC(=O)CNC(=O)[C@@H]1CCCN1C(=O)[C@@H](N)CO)C(=O)O. The van der Waals surface area contributed by atoms with E-state index in [4.69, 9.17) is 21.7 Å². The maximum atomic E-state index is 12.3. The van der Waals surface area contributed by atoms with Crippen molar-refractivity contribution in [2.24, 2.45) is 11.5 Å². The smallest absolute Gasteiger partial charge is 0.326 e. The van der Waals surface area contributed by atoms with Gasteiger partial charge in [-0.15, -0.1) is 0 Å². The molecule has 1 saturated heterocycles. The highest BCUT2D eigenvalue weighted by Gasteiger charge is 2.36. The molecule has 1 aliphatic rings. The van der Waals surface area contributed by atoms with E-state index in [-0.39, 0.29) is 6.42 Å². The van der Waals surface area contributed by atoms with Crippen LogP contribution in [0.1, 0.15) is 32.1 Å². The van der Waals surface area contributed by atoms with Crippen LogP contribution in [0.5, 0.6) is 0 Å². The molecular weight excluding hydrogens is 358 g/mol. The normalized spacial score (nSPS) is 18.6. The van der Waals surface area contributed by atoms with Gasteiger partial charge in [0.15, 0.2) is 0 Å². The van der Waals surface area contributed by atoms with Gasteiger partial charge in [0, 0.05) is 6.54 Å². The van der Waals surface area contributed by atoms with E-state index in [1.165, 1.54) is 4.90 Å². The van der Waals surface area contributed by atoms with E-state index < -0.39 is 55.0 Å². The Balaban J connectivity index is 2.50. The predicted molar refractivity (Wildman–Crippen MR) is 95.3 cm³/mol. The van der Waals surface area contributed by atoms with Crippen LogP contribution in [0.4, 0.5) is 0 Å². The molecule has 11 heteroatoms. The number of carbonyl (C=O) groups is 4. The Morgan fingerprint density at radius 1 is 1.22 bits per heavy atom. The molecule has 0 saturated carbocycles. The maximum absolute atomic E-state index is 12.3. The van der Waals surface area contributed by atoms with Gasteiger partial charge in [0.05, 0.1) is 13.2 Å². The monoisotopic (exact) mass is 387 g/mol. The Kier molecular flexibility index (Phi) is 9.68. The van der Waals surface area contributed by atoms with Gasteiger partial charge in [-0.3, -0.25) is 14.4 Å². The summed E-state index contributed by atoms with van der Waals surface area (Å²) >= 11 is 0. The van der Waals surface area contributed by atoms with E-state index in [1.54, 1.807) is 0 Å². The van der Waals surface area contributed by atoms with Crippen molar-refractivity contribution in [1.29, 1.82) is 0 Å². The van der Waals surface area contributed by atoms with Crippen LogP contribution in [0.25, 0.3) is 0 Å². The first-order chi connectivity index (χ1) is 12.8. The van der Waals surface area contributed by atoms with Crippen molar-refractivity contribution in [2.45, 2.75) is 50.2 Å². The summed E-state index contributed by atoms with van der Waals surface area (Å²) in [6.45, 7) is -0.136. The summed E-state index contributed by atoms with van der Waals surface area (Å²) in [6.07, 6.45) is 2.49. The van der Waals surface area contributed by atoms with Crippen LogP contribution in [0.3, 0.4) is 0 Å². The summed E-state index contributed by atoms with van der Waals surface area (Å²) < 4.78 is 0. The zero-order valence-corrected chi connectivity index (χ0v) is 15.2. The second-order valence-electron chi connectivity index (χ2n) is 6.44. The third-order valence-electron chi connectivity index (χ3n) is 4.36. The molecule has 0 aromatic carbocycles. The lowest BCUT2D eigenvalue weighted by atomic mass is 10.1. The van der Waals surface area contributed by atoms with Crippen LogP contribution in [0.2, 0.25) is 0 Å². The Hall–Kier alpha value is -2.24. The third-order valence-corrected chi connectivity index (χ3v) is 4.36. The molecule has 1 fully saturated rings. The molecule has 0 radical (unpaired) electrons. The zero-order valence-electron chi connectivity index (χ0n) is 15.2. The number of carboxylic acids is 1. The van der Waals surface area contributed by atoms with Gasteiger partial charge in [-0.25, -0.2) is 4.79 Å². The van der Waals surface area contributed by atoms with Crippen molar-refractivity contribution in [1.82, 2.24) is 15.5 Å². The molecule has 3 atom stereocenters. The summed E-state index contributed by atoms with van der Waals surface area (Å²) in [5.74, 6) is -2.83. The molecule has 1 rings (SSSR count). The second kappa shape index (κ2) is 11.5. The Bertz CT molecular complexity index is 543. The summed E-state index contributed by atoms with van der Waals surface area (Å²) in [5, 5.41) is 22.9. The molecule has 27 heavy (non-hydrogen) atoms. The highest BCUT2D eigenvalue weighted by Crippen LogP contribution is 2.18. The molecule has 1 aliphatic heterocycles. The molecule has 1 heterocycles. The lowest BCUT2D eigenvalue weighted by Crippen LogP contribution is -2.53. The Morgan fingerprint density at radius 2 is 1.93 bits per heavy atom. The number of aliphatic hydroxyl groups is 1. The van der Waals surface area contributed by atoms with Crippen molar-refractivity contribution >= 4 is 23.7 Å². The number of amides is 3. The minimum absolute atomic E-state index is 0.246. The Morgan fingerprint density at radius 3 is 2.52 bits per heavy atom. The minimum atomic E-state index is -1.16. The van der Waals surface area contributed by atoms with E-state index in [2.05, 4.69) is 10.6 Å². The molecule has 3 amide bonds. The number of aliphatic carboxylic acids is 1. The maximum Gasteiger partial charge on any atom is 0.326 e. The largest absolute Gasteiger partial charge is 0.480 e. The lowest BCUT2D eigenvalue weighted by Gasteiger charge is -2.26. The van der Waals surface area contributed by atoms with Gasteiger partial charge in [-0.1, -0.05) is 0 Å². The van der Waals surface area contributed by atoms with E-state index in [0.717, 1.165) is 0 Å². The summed E-state index contributed by atoms with van der Waals surface area (Å²) in [5.41, 5.74) is 10.9. The van der Waals surface area contributed by atoms with Gasteiger partial charge in [0.2, 0.25) is 17.7 Å². The van der Waals surface area contributed by atoms with Gasteiger partial charge in [0.25, 0.3) is 0 Å². The van der Waals surface area contributed by atoms with Crippen LogP contribution in [0, 0.1) is 0 Å². The van der Waals surface area contributed by atoms with Crippen molar-refractivity contribution in [3.05, 3.63) is 0 Å². The first-order valence-corrected chi connectivity index (χ1v) is 8.98. The van der Waals surface area contributed by atoms with Gasteiger partial charge >= 0.3 is 5.97 Å². The number of rotatable bonds is 11. The van der Waals surface area contributed by atoms with Crippen LogP contribution in [-0.2, 0) is 19.2 Å². The third kappa shape index (κ3) is 7.12. The number of likely N-dealkylation sites (tertiary alicyclic amines) is 1. The highest BCUT2D eigenvalue weighted by atomic mass is 16.4. The first-order valence-electron chi connectivity index (χ1n) is 8.98. The van der Waals surface area contributed by atoms with E-state index in [1.807, 2.05) is 0 Å². The van der Waals surface area contributed by atoms with E-state index in [0.29, 0.717) is 38.8 Å². The number of carboxylic acid groups (broad SMARTS) is 1. The van der Waals surface area contributed by atoms with E-state index >= 15 is 0 Å². The topological polar surface area (TPSA) is 188 Å². The van der Waals surface area contributed by atoms with Gasteiger partial charge < -0.3 is 37.2 Å². The molecule has 0 bridgehead atoms. The molecule has 11 nitrogen and oxygen atoms in total. The van der Waals surface area contributed by atoms with Crippen molar-refractivity contribution in [2.75, 3.05) is 26.2 Å². The second-order valence-corrected chi connectivity index (χ2v) is 6.44. The fourth-order valence-corrected chi connectivity index (χ4v) is 2.87. The zero-order chi connectivity index (χ0) is 20.4. The number of carbonyl (C=O) groups excluding carboxylic acids is 3. The number of nitrogens with one attached hydrogen (secondary N) is 2. The number of unbranched alkanes of at least 4 members (excludes halogenated alkanes) is 1. The first kappa shape index (κ1) is 22.8. The predicted octanol–water partition coefficient (Wildman–Crippen LogP) is -2.89. The minimum Gasteiger partial charge on any atom is -0.480 e. The molecule has 0 aliphatic carbocycles. The number of nitrogens with zero attached hydrogens (tertiary/aromatic N) is 1. The van der Waals surface area contributed by atoms with Crippen molar-refractivity contribution in [3.63, 3.8) is 0 Å². The molecule has 8 N–H and O–H groups in total. The molecule has 0 aromatic rings. The van der Waals surface area contributed by atoms with Gasteiger partial charge in [-0.05, 0) is 38.6 Å². The number of hydrogen-bond donors (Lipinski definition) is 6. The summed E-state index contributed by atoms with van der Waals surface area (Å²) in [6, 6.07) is -2.90. The number of aliphatic hydroxyl groups excluding tert-OH is 1. The lowest BCUT2D eigenvalue weighted by molar-refractivity contribution is -0.142. The number of hydrogen-bond acceptors (Lipinski definition) is 7. The quantitative estimate of drug-likeness (QED) is 0.204. The fourth-order valence-electron chi connectivity index (χ4n) is 2.87. The van der Waals surface area contributed by atoms with Crippen molar-refractivity contribution in [3.8, 4) is 0 Å². The summed E-state index contributed by atoms with van der Waals surface area (Å²) in [7, 11) is 0. The van der Waals surface area contributed by atoms with Crippen LogP contribution < -0.4 is 22.1 Å². The van der Waals surface area contributed by atoms with Gasteiger partial charge in [0.1, 0.15) is 18.1 Å². The highest BCUT2D eigenvalue weighted by molar-refractivity contribution is 5.93. The van der Waals surface area contributed by atoms with Gasteiger partial charge in [-0.2, -0.15) is 0 Å². The van der Waals surface area contributed by atoms with Crippen LogP contribution in [-0.4, -0.2) is 83.2 Å². The molecule has 154 valence electrons. The molecule has 0 unspecified atom stereocenters. The number of nitrogens with two attached hydrogens (primary N) is 2. The van der Waals surface area contributed by atoms with Crippen LogP contribution >= 0.6 is 0 Å². The molecule has 0 aromatic heterocycles. The van der Waals surface area contributed by atoms with Crippen LogP contribution in [0.15, 0.2) is 0 Å². The average molecular weight is 387 g/mol. The van der Waals surface area contributed by atoms with E-state index in [9.17, 15) is 19.2 Å². The van der Waals surface area contributed by atoms with Crippen molar-refractivity contribution < 1.29 is 29.4 Å². The fraction of sp³-hybridized carbons (Fsp3) is 0.750. The summed E-state index contributed by atoms with van der Waals surface area (Å²) in [4.78, 5) is 48.8. The Labute approximate surface area is 157 Å².